The van der Waals surface area contributed by atoms with Crippen molar-refractivity contribution in [3.63, 3.8) is 0 Å². The van der Waals surface area contributed by atoms with Crippen molar-refractivity contribution in [1.29, 1.82) is 0 Å². The molecule has 0 aliphatic carbocycles. The van der Waals surface area contributed by atoms with Gasteiger partial charge in [-0.15, -0.1) is 0 Å². The van der Waals surface area contributed by atoms with E-state index in [9.17, 15) is 14.0 Å². The molecule has 0 radical (unpaired) electrons. The molecule has 0 spiro atoms. The number of pyridine rings is 1. The van der Waals surface area contributed by atoms with Crippen molar-refractivity contribution in [2.24, 2.45) is 0 Å². The number of halogens is 1. The van der Waals surface area contributed by atoms with Gasteiger partial charge in [0.05, 0.1) is 11.3 Å². The molecule has 1 N–H and O–H groups in total. The number of rotatable bonds is 9. The fraction of sp³-hybridized carbons (Fsp3) is 0.560. The molecule has 1 saturated heterocycles. The lowest BCUT2D eigenvalue weighted by Gasteiger charge is -2.40. The number of amides is 2. The van der Waals surface area contributed by atoms with Crippen LogP contribution < -0.4 is 5.32 Å². The van der Waals surface area contributed by atoms with Crippen LogP contribution in [-0.4, -0.2) is 65.0 Å². The van der Waals surface area contributed by atoms with Gasteiger partial charge < -0.3 is 15.1 Å². The number of nitrogens with zero attached hydrogens (tertiary/aromatic N) is 3. The predicted molar refractivity (Wildman–Crippen MR) is 130 cm³/mol. The summed E-state index contributed by atoms with van der Waals surface area (Å²) in [5.74, 6) is -0.496. The van der Waals surface area contributed by atoms with Crippen molar-refractivity contribution in [2.75, 3.05) is 26.3 Å². The quantitative estimate of drug-likeness (QED) is 0.596. The van der Waals surface area contributed by atoms with Crippen molar-refractivity contribution in [3.05, 3.63) is 51.0 Å². The summed E-state index contributed by atoms with van der Waals surface area (Å²) < 4.78 is 13.2. The minimum absolute atomic E-state index is 0.0660. The number of nitrogens with one attached hydrogen (secondary N) is 1. The summed E-state index contributed by atoms with van der Waals surface area (Å²) >= 11 is 1.59. The van der Waals surface area contributed by atoms with Gasteiger partial charge in [-0.3, -0.25) is 14.6 Å². The van der Waals surface area contributed by atoms with Crippen LogP contribution in [0.5, 0.6) is 0 Å². The Bertz CT molecular complexity index is 919. The maximum absolute atomic E-state index is 13.2. The molecule has 1 fully saturated rings. The number of thiophene rings is 1. The topological polar surface area (TPSA) is 65.5 Å². The maximum atomic E-state index is 13.2. The molecular formula is C25H35FN4O2S. The number of piperidine rings is 1. The van der Waals surface area contributed by atoms with Gasteiger partial charge in [-0.1, -0.05) is 0 Å². The van der Waals surface area contributed by atoms with E-state index >= 15 is 0 Å². The second-order valence-corrected chi connectivity index (χ2v) is 9.77. The number of carbonyl (C=O) groups excluding carboxylic acids is 2. The van der Waals surface area contributed by atoms with E-state index in [0.29, 0.717) is 24.7 Å². The summed E-state index contributed by atoms with van der Waals surface area (Å²) in [5, 5.41) is 7.04. The smallest absolute Gasteiger partial charge is 0.254 e. The van der Waals surface area contributed by atoms with E-state index in [1.165, 1.54) is 0 Å². The molecule has 8 heteroatoms. The maximum Gasteiger partial charge on any atom is 0.254 e. The number of hydrogen-bond acceptors (Lipinski definition) is 5. The lowest BCUT2D eigenvalue weighted by atomic mass is 10.00. The predicted octanol–water partition coefficient (Wildman–Crippen LogP) is 4.04. The molecular weight excluding hydrogens is 439 g/mol. The van der Waals surface area contributed by atoms with Gasteiger partial charge in [0, 0.05) is 44.0 Å². The van der Waals surface area contributed by atoms with E-state index in [-0.39, 0.29) is 11.9 Å². The van der Waals surface area contributed by atoms with Crippen molar-refractivity contribution in [1.82, 2.24) is 20.1 Å². The van der Waals surface area contributed by atoms with Crippen molar-refractivity contribution in [3.8, 4) is 0 Å². The Morgan fingerprint density at radius 3 is 2.64 bits per heavy atom. The highest BCUT2D eigenvalue weighted by Gasteiger charge is 2.29. The molecule has 0 aromatic carbocycles. The Morgan fingerprint density at radius 2 is 2.03 bits per heavy atom. The highest BCUT2D eigenvalue weighted by atomic mass is 32.1. The van der Waals surface area contributed by atoms with E-state index in [1.54, 1.807) is 16.2 Å². The van der Waals surface area contributed by atoms with E-state index < -0.39 is 12.6 Å². The van der Waals surface area contributed by atoms with Crippen LogP contribution in [0.4, 0.5) is 4.39 Å². The lowest BCUT2D eigenvalue weighted by Crippen LogP contribution is -2.49. The van der Waals surface area contributed by atoms with E-state index in [4.69, 9.17) is 0 Å². The third-order valence-corrected chi connectivity index (χ3v) is 7.26. The Hall–Kier alpha value is -2.32. The minimum Gasteiger partial charge on any atom is -0.352 e. The fourth-order valence-electron chi connectivity index (χ4n) is 4.75. The molecule has 2 amide bonds. The number of carbonyl (C=O) groups is 2. The average Bonchev–Trinajstić information content (AvgIpc) is 3.29. The average molecular weight is 475 g/mol. The third kappa shape index (κ3) is 6.60. The summed E-state index contributed by atoms with van der Waals surface area (Å²) in [7, 11) is 0. The van der Waals surface area contributed by atoms with Crippen LogP contribution >= 0.6 is 11.3 Å². The summed E-state index contributed by atoms with van der Waals surface area (Å²) in [6.45, 7) is 9.76. The minimum atomic E-state index is -0.949. The van der Waals surface area contributed by atoms with Gasteiger partial charge in [-0.05, 0) is 81.0 Å². The Kier molecular flexibility index (Phi) is 8.97. The van der Waals surface area contributed by atoms with Gasteiger partial charge in [0.15, 0.2) is 6.67 Å². The molecule has 0 bridgehead atoms. The number of alkyl halides is 1. The first-order valence-electron chi connectivity index (χ1n) is 11.6. The van der Waals surface area contributed by atoms with Crippen LogP contribution in [-0.2, 0) is 11.3 Å². The van der Waals surface area contributed by atoms with Crippen molar-refractivity contribution in [2.45, 2.75) is 65.6 Å². The standard InChI is InChI=1S/C25H35FN4O2S/c1-17-13-18(2)28-20(4)24(17)25(32)27-9-5-19(3)29-10-6-22(7-11-29)30(23(31)14-26)15-21-8-12-33-16-21/h8,12-13,16,19,22H,5-7,9-11,14-15H2,1-4H3,(H,27,32)/t19-/m1/s1. The second-order valence-electron chi connectivity index (χ2n) is 8.99. The molecule has 2 aromatic heterocycles. The molecule has 1 aliphatic heterocycles. The summed E-state index contributed by atoms with van der Waals surface area (Å²) in [6.07, 6.45) is 2.51. The lowest BCUT2D eigenvalue weighted by molar-refractivity contribution is -0.136. The van der Waals surface area contributed by atoms with Crippen molar-refractivity contribution >= 4 is 23.2 Å². The number of aromatic nitrogens is 1. The Labute approximate surface area is 200 Å². The van der Waals surface area contributed by atoms with E-state index in [0.717, 1.165) is 54.9 Å². The Balaban J connectivity index is 1.47. The largest absolute Gasteiger partial charge is 0.352 e. The van der Waals surface area contributed by atoms with Gasteiger partial charge in [0.1, 0.15) is 0 Å². The van der Waals surface area contributed by atoms with Crippen LogP contribution in [0, 0.1) is 20.8 Å². The molecule has 0 unspecified atom stereocenters. The highest BCUT2D eigenvalue weighted by Crippen LogP contribution is 2.22. The van der Waals surface area contributed by atoms with Gasteiger partial charge in [-0.2, -0.15) is 11.3 Å². The molecule has 3 heterocycles. The van der Waals surface area contributed by atoms with Gasteiger partial charge in [0.25, 0.3) is 11.8 Å². The SMILES string of the molecule is Cc1cc(C)c(C(=O)NCC[C@@H](C)N2CCC(N(Cc3ccsc3)C(=O)CF)CC2)c(C)n1. The van der Waals surface area contributed by atoms with E-state index in [2.05, 4.69) is 22.1 Å². The van der Waals surface area contributed by atoms with Crippen LogP contribution in [0.15, 0.2) is 22.9 Å². The summed E-state index contributed by atoms with van der Waals surface area (Å²) in [4.78, 5) is 33.4. The number of hydrogen-bond donors (Lipinski definition) is 1. The molecule has 180 valence electrons. The molecule has 1 aliphatic rings. The molecule has 6 nitrogen and oxygen atoms in total. The number of likely N-dealkylation sites (tertiary alicyclic amines) is 1. The van der Waals surface area contributed by atoms with Gasteiger partial charge in [0.2, 0.25) is 0 Å². The zero-order valence-electron chi connectivity index (χ0n) is 20.1. The van der Waals surface area contributed by atoms with Gasteiger partial charge in [-0.25, -0.2) is 4.39 Å². The molecule has 3 rings (SSSR count). The molecule has 33 heavy (non-hydrogen) atoms. The van der Waals surface area contributed by atoms with Crippen LogP contribution in [0.2, 0.25) is 0 Å². The van der Waals surface area contributed by atoms with Crippen LogP contribution in [0.25, 0.3) is 0 Å². The first-order valence-corrected chi connectivity index (χ1v) is 12.6. The number of aryl methyl sites for hydroxylation is 3. The second kappa shape index (κ2) is 11.7. The van der Waals surface area contributed by atoms with Crippen molar-refractivity contribution < 1.29 is 14.0 Å². The summed E-state index contributed by atoms with van der Waals surface area (Å²) in [6, 6.07) is 4.30. The molecule has 2 aromatic rings. The van der Waals surface area contributed by atoms with Crippen LogP contribution in [0.1, 0.15) is 59.1 Å². The third-order valence-electron chi connectivity index (χ3n) is 6.53. The normalized spacial score (nSPS) is 15.9. The van der Waals surface area contributed by atoms with E-state index in [1.807, 2.05) is 43.7 Å². The zero-order valence-corrected chi connectivity index (χ0v) is 20.9. The zero-order chi connectivity index (χ0) is 24.0. The first kappa shape index (κ1) is 25.3. The monoisotopic (exact) mass is 474 g/mol. The molecule has 0 saturated carbocycles. The van der Waals surface area contributed by atoms with Crippen LogP contribution in [0.3, 0.4) is 0 Å². The van der Waals surface area contributed by atoms with Gasteiger partial charge >= 0.3 is 0 Å². The highest BCUT2D eigenvalue weighted by molar-refractivity contribution is 7.07. The fourth-order valence-corrected chi connectivity index (χ4v) is 5.41. The Morgan fingerprint density at radius 1 is 1.30 bits per heavy atom. The summed E-state index contributed by atoms with van der Waals surface area (Å²) in [5.41, 5.74) is 4.35. The first-order chi connectivity index (χ1) is 15.8. The molecule has 1 atom stereocenters.